The maximum absolute atomic E-state index is 12.2. The fourth-order valence-corrected chi connectivity index (χ4v) is 4.24. The van der Waals surface area contributed by atoms with Gasteiger partial charge in [-0.2, -0.15) is 0 Å². The van der Waals surface area contributed by atoms with E-state index in [1.807, 2.05) is 24.4 Å². The Hall–Kier alpha value is -2.90. The van der Waals surface area contributed by atoms with Crippen molar-refractivity contribution >= 4 is 17.2 Å². The number of thiazole rings is 1. The monoisotopic (exact) mass is 437 g/mol. The minimum atomic E-state index is -0.106. The summed E-state index contributed by atoms with van der Waals surface area (Å²) in [6, 6.07) is 14.7. The third kappa shape index (κ3) is 5.62. The number of carbonyl (C=O) groups is 1. The summed E-state index contributed by atoms with van der Waals surface area (Å²) in [7, 11) is 0. The number of hydrogen-bond acceptors (Lipinski definition) is 6. The van der Waals surface area contributed by atoms with Crippen LogP contribution in [0.3, 0.4) is 0 Å². The minimum Gasteiger partial charge on any atom is -0.454 e. The average molecular weight is 438 g/mol. The van der Waals surface area contributed by atoms with Gasteiger partial charge in [0.2, 0.25) is 6.79 Å². The van der Waals surface area contributed by atoms with E-state index in [0.29, 0.717) is 18.8 Å². The number of aryl methyl sites for hydroxylation is 1. The van der Waals surface area contributed by atoms with Gasteiger partial charge >= 0.3 is 0 Å². The Morgan fingerprint density at radius 2 is 1.81 bits per heavy atom. The van der Waals surface area contributed by atoms with Crippen molar-refractivity contribution in [1.29, 1.82) is 0 Å². The lowest BCUT2D eigenvalue weighted by Crippen LogP contribution is -2.25. The Morgan fingerprint density at radius 3 is 2.61 bits per heavy atom. The second-order valence-corrected chi connectivity index (χ2v) is 8.64. The van der Waals surface area contributed by atoms with Gasteiger partial charge in [0.05, 0.1) is 6.54 Å². The SMILES string of the molecule is CCCNC(=O)c1csc(CN(Cc2ccc(C)cc2)Cc2ccc3c(c2)OCO3)n1. The number of aromatic nitrogens is 1. The first kappa shape index (κ1) is 21.3. The summed E-state index contributed by atoms with van der Waals surface area (Å²) >= 11 is 1.53. The van der Waals surface area contributed by atoms with E-state index in [9.17, 15) is 4.79 Å². The molecule has 1 aromatic heterocycles. The molecule has 1 aliphatic rings. The Kier molecular flexibility index (Phi) is 6.84. The summed E-state index contributed by atoms with van der Waals surface area (Å²) in [4.78, 5) is 19.1. The van der Waals surface area contributed by atoms with E-state index in [1.54, 1.807) is 0 Å². The van der Waals surface area contributed by atoms with Crippen molar-refractivity contribution in [1.82, 2.24) is 15.2 Å². The van der Waals surface area contributed by atoms with Gasteiger partial charge in [-0.05, 0) is 36.6 Å². The lowest BCUT2D eigenvalue weighted by atomic mass is 10.1. The van der Waals surface area contributed by atoms with Gasteiger partial charge in [0, 0.05) is 25.0 Å². The van der Waals surface area contributed by atoms with E-state index in [-0.39, 0.29) is 12.7 Å². The number of nitrogens with zero attached hydrogens (tertiary/aromatic N) is 2. The highest BCUT2D eigenvalue weighted by atomic mass is 32.1. The molecule has 4 rings (SSSR count). The van der Waals surface area contributed by atoms with E-state index >= 15 is 0 Å². The van der Waals surface area contributed by atoms with Gasteiger partial charge in [0.15, 0.2) is 11.5 Å². The zero-order chi connectivity index (χ0) is 21.6. The summed E-state index contributed by atoms with van der Waals surface area (Å²) in [5, 5.41) is 5.65. The van der Waals surface area contributed by atoms with Gasteiger partial charge in [0.25, 0.3) is 5.91 Å². The molecule has 2 aromatic carbocycles. The van der Waals surface area contributed by atoms with Crippen LogP contribution in [-0.2, 0) is 19.6 Å². The first-order chi connectivity index (χ1) is 15.1. The number of ether oxygens (including phenoxy) is 2. The van der Waals surface area contributed by atoms with Crippen molar-refractivity contribution in [3.63, 3.8) is 0 Å². The molecular formula is C24H27N3O3S. The van der Waals surface area contributed by atoms with Crippen molar-refractivity contribution in [2.45, 2.75) is 39.9 Å². The first-order valence-corrected chi connectivity index (χ1v) is 11.4. The fraction of sp³-hybridized carbons (Fsp3) is 0.333. The number of fused-ring (bicyclic) bond motifs is 1. The number of hydrogen-bond donors (Lipinski definition) is 1. The highest BCUT2D eigenvalue weighted by Gasteiger charge is 2.17. The first-order valence-electron chi connectivity index (χ1n) is 10.5. The van der Waals surface area contributed by atoms with Crippen LogP contribution in [0.25, 0.3) is 0 Å². The molecular weight excluding hydrogens is 410 g/mol. The molecule has 31 heavy (non-hydrogen) atoms. The molecule has 0 radical (unpaired) electrons. The van der Waals surface area contributed by atoms with E-state index in [1.165, 1.54) is 22.5 Å². The van der Waals surface area contributed by atoms with Crippen molar-refractivity contribution in [3.05, 3.63) is 75.2 Å². The van der Waals surface area contributed by atoms with Crippen LogP contribution in [-0.4, -0.2) is 29.1 Å². The van der Waals surface area contributed by atoms with Gasteiger partial charge < -0.3 is 14.8 Å². The largest absolute Gasteiger partial charge is 0.454 e. The zero-order valence-corrected chi connectivity index (χ0v) is 18.7. The minimum absolute atomic E-state index is 0.106. The molecule has 0 atom stereocenters. The predicted octanol–water partition coefficient (Wildman–Crippen LogP) is 4.52. The molecule has 1 aliphatic heterocycles. The van der Waals surface area contributed by atoms with Crippen LogP contribution in [0.5, 0.6) is 11.5 Å². The molecule has 0 saturated carbocycles. The summed E-state index contributed by atoms with van der Waals surface area (Å²) in [5.41, 5.74) is 4.12. The summed E-state index contributed by atoms with van der Waals surface area (Å²) in [6.45, 7) is 7.24. The quantitative estimate of drug-likeness (QED) is 0.533. The van der Waals surface area contributed by atoms with Crippen molar-refractivity contribution < 1.29 is 14.3 Å². The van der Waals surface area contributed by atoms with Crippen LogP contribution in [0.4, 0.5) is 0 Å². The average Bonchev–Trinajstić information content (AvgIpc) is 3.43. The standard InChI is InChI=1S/C24H27N3O3S/c1-3-10-25-24(28)20-15-31-23(26-20)14-27(12-18-6-4-17(2)5-7-18)13-19-8-9-21-22(11-19)30-16-29-21/h4-9,11,15H,3,10,12-14,16H2,1-2H3,(H,25,28). The van der Waals surface area contributed by atoms with Crippen LogP contribution >= 0.6 is 11.3 Å². The Labute approximate surface area is 186 Å². The molecule has 162 valence electrons. The highest BCUT2D eigenvalue weighted by molar-refractivity contribution is 7.09. The maximum atomic E-state index is 12.2. The van der Waals surface area contributed by atoms with E-state index in [2.05, 4.69) is 52.5 Å². The van der Waals surface area contributed by atoms with Crippen molar-refractivity contribution in [2.75, 3.05) is 13.3 Å². The molecule has 1 amide bonds. The Balaban J connectivity index is 1.50. The van der Waals surface area contributed by atoms with Crippen LogP contribution in [0.1, 0.15) is 45.5 Å². The molecule has 0 saturated heterocycles. The molecule has 0 fully saturated rings. The fourth-order valence-electron chi connectivity index (χ4n) is 3.43. The molecule has 0 unspecified atom stereocenters. The lowest BCUT2D eigenvalue weighted by Gasteiger charge is -2.22. The maximum Gasteiger partial charge on any atom is 0.270 e. The van der Waals surface area contributed by atoms with Gasteiger partial charge in [0.1, 0.15) is 10.7 Å². The van der Waals surface area contributed by atoms with Gasteiger partial charge in [-0.25, -0.2) is 4.98 Å². The molecule has 2 heterocycles. The van der Waals surface area contributed by atoms with Gasteiger partial charge in [-0.3, -0.25) is 9.69 Å². The molecule has 3 aromatic rings. The smallest absolute Gasteiger partial charge is 0.270 e. The lowest BCUT2D eigenvalue weighted by molar-refractivity contribution is 0.0949. The second-order valence-electron chi connectivity index (χ2n) is 7.70. The molecule has 7 heteroatoms. The number of carbonyl (C=O) groups excluding carboxylic acids is 1. The number of rotatable bonds is 9. The number of nitrogens with one attached hydrogen (secondary N) is 1. The molecule has 6 nitrogen and oxygen atoms in total. The number of benzene rings is 2. The van der Waals surface area contributed by atoms with E-state index < -0.39 is 0 Å². The summed E-state index contributed by atoms with van der Waals surface area (Å²) in [6.07, 6.45) is 0.905. The van der Waals surface area contributed by atoms with E-state index in [0.717, 1.165) is 41.6 Å². The third-order valence-electron chi connectivity index (χ3n) is 5.05. The van der Waals surface area contributed by atoms with Crippen molar-refractivity contribution in [2.24, 2.45) is 0 Å². The molecule has 1 N–H and O–H groups in total. The van der Waals surface area contributed by atoms with E-state index in [4.69, 9.17) is 9.47 Å². The third-order valence-corrected chi connectivity index (χ3v) is 5.88. The second kappa shape index (κ2) is 9.94. The molecule has 0 aliphatic carbocycles. The topological polar surface area (TPSA) is 63.7 Å². The van der Waals surface area contributed by atoms with Crippen LogP contribution < -0.4 is 14.8 Å². The Bertz CT molecular complexity index is 1030. The normalized spacial score (nSPS) is 12.4. The van der Waals surface area contributed by atoms with Gasteiger partial charge in [-0.1, -0.05) is 42.8 Å². The summed E-state index contributed by atoms with van der Waals surface area (Å²) in [5.74, 6) is 1.47. The van der Waals surface area contributed by atoms with Crippen LogP contribution in [0.2, 0.25) is 0 Å². The van der Waals surface area contributed by atoms with Crippen molar-refractivity contribution in [3.8, 4) is 11.5 Å². The van der Waals surface area contributed by atoms with Gasteiger partial charge in [-0.15, -0.1) is 11.3 Å². The molecule has 0 spiro atoms. The Morgan fingerprint density at radius 1 is 1.06 bits per heavy atom. The zero-order valence-electron chi connectivity index (χ0n) is 17.9. The highest BCUT2D eigenvalue weighted by Crippen LogP contribution is 2.33. The molecule has 0 bridgehead atoms. The summed E-state index contributed by atoms with van der Waals surface area (Å²) < 4.78 is 11.0. The van der Waals surface area contributed by atoms with Crippen LogP contribution in [0.15, 0.2) is 47.8 Å². The predicted molar refractivity (Wildman–Crippen MR) is 121 cm³/mol. The number of amides is 1. The van der Waals surface area contributed by atoms with Crippen LogP contribution in [0, 0.1) is 6.92 Å².